The molecule has 0 aromatic rings. The Hall–Kier alpha value is -0.0400. The predicted molar refractivity (Wildman–Crippen MR) is 52.2 cm³/mol. The Labute approximate surface area is 76.1 Å². The summed E-state index contributed by atoms with van der Waals surface area (Å²) in [5.41, 5.74) is 0. The van der Waals surface area contributed by atoms with Crippen LogP contribution >= 0.6 is 0 Å². The van der Waals surface area contributed by atoms with Gasteiger partial charge in [-0.05, 0) is 57.0 Å². The Balaban J connectivity index is 2.01. The first kappa shape index (κ1) is 8.55. The minimum absolute atomic E-state index is 0.954. The van der Waals surface area contributed by atoms with Crippen molar-refractivity contribution >= 4 is 0 Å². The van der Waals surface area contributed by atoms with Crippen molar-refractivity contribution in [3.05, 3.63) is 0 Å². The molecule has 0 saturated carbocycles. The van der Waals surface area contributed by atoms with Gasteiger partial charge in [-0.3, -0.25) is 0 Å². The Kier molecular flexibility index (Phi) is 2.69. The average Bonchev–Trinajstić information content (AvgIpc) is 1.91. The Morgan fingerprint density at radius 3 is 2.42 bits per heavy atom. The largest absolute Gasteiger partial charge is 0.303 e. The van der Waals surface area contributed by atoms with E-state index >= 15 is 0 Å². The molecular weight excluding hydrogens is 146 g/mol. The van der Waals surface area contributed by atoms with Gasteiger partial charge in [0.15, 0.2) is 0 Å². The van der Waals surface area contributed by atoms with Gasteiger partial charge in [0.1, 0.15) is 0 Å². The van der Waals surface area contributed by atoms with Gasteiger partial charge in [-0.1, -0.05) is 6.92 Å². The lowest BCUT2D eigenvalue weighted by Crippen LogP contribution is -2.36. The van der Waals surface area contributed by atoms with Gasteiger partial charge in [-0.2, -0.15) is 0 Å². The Morgan fingerprint density at radius 2 is 1.75 bits per heavy atom. The molecule has 0 spiro atoms. The monoisotopic (exact) mass is 167 g/mol. The molecule has 2 bridgehead atoms. The SMILES string of the molecule is C[C@@H]1CC2CCCN(CCC2)C1. The molecular formula is C11H21N. The molecule has 3 heterocycles. The molecule has 0 radical (unpaired) electrons. The molecule has 0 aromatic carbocycles. The molecule has 3 rings (SSSR count). The number of nitrogens with zero attached hydrogens (tertiary/aromatic N) is 1. The summed E-state index contributed by atoms with van der Waals surface area (Å²) in [6.45, 7) is 6.55. The third kappa shape index (κ3) is 2.01. The molecule has 12 heavy (non-hydrogen) atoms. The van der Waals surface area contributed by atoms with Crippen LogP contribution < -0.4 is 0 Å². The molecule has 0 aromatic heterocycles. The third-order valence-corrected chi connectivity index (χ3v) is 3.48. The molecule has 70 valence electrons. The zero-order chi connectivity index (χ0) is 8.39. The molecule has 1 heteroatoms. The lowest BCUT2D eigenvalue weighted by atomic mass is 9.84. The highest BCUT2D eigenvalue weighted by atomic mass is 15.1. The first-order valence-electron chi connectivity index (χ1n) is 5.57. The number of fused-ring (bicyclic) bond motifs is 6. The summed E-state index contributed by atoms with van der Waals surface area (Å²) in [6, 6.07) is 0. The summed E-state index contributed by atoms with van der Waals surface area (Å²) in [5.74, 6) is 2.03. The summed E-state index contributed by atoms with van der Waals surface area (Å²) in [6.07, 6.45) is 7.41. The van der Waals surface area contributed by atoms with E-state index in [9.17, 15) is 0 Å². The van der Waals surface area contributed by atoms with E-state index in [1.807, 2.05) is 0 Å². The molecule has 3 saturated heterocycles. The summed E-state index contributed by atoms with van der Waals surface area (Å²) < 4.78 is 0. The van der Waals surface area contributed by atoms with Crippen LogP contribution in [0.5, 0.6) is 0 Å². The zero-order valence-electron chi connectivity index (χ0n) is 8.26. The van der Waals surface area contributed by atoms with E-state index < -0.39 is 0 Å². The third-order valence-electron chi connectivity index (χ3n) is 3.48. The molecule has 0 aliphatic carbocycles. The molecule has 1 nitrogen and oxygen atoms in total. The minimum atomic E-state index is 0.954. The van der Waals surface area contributed by atoms with Crippen molar-refractivity contribution < 1.29 is 0 Å². The van der Waals surface area contributed by atoms with Crippen molar-refractivity contribution in [2.45, 2.75) is 39.0 Å². The van der Waals surface area contributed by atoms with Crippen molar-refractivity contribution in [1.29, 1.82) is 0 Å². The van der Waals surface area contributed by atoms with Gasteiger partial charge in [0.25, 0.3) is 0 Å². The molecule has 1 atom stereocenters. The second-order valence-electron chi connectivity index (χ2n) is 4.79. The second-order valence-corrected chi connectivity index (χ2v) is 4.79. The predicted octanol–water partition coefficient (Wildman–Crippen LogP) is 2.52. The summed E-state index contributed by atoms with van der Waals surface area (Å²) in [4.78, 5) is 2.68. The van der Waals surface area contributed by atoms with Crippen molar-refractivity contribution in [3.8, 4) is 0 Å². The second kappa shape index (κ2) is 3.78. The molecule has 3 aliphatic rings. The Morgan fingerprint density at radius 1 is 1.08 bits per heavy atom. The minimum Gasteiger partial charge on any atom is -0.303 e. The van der Waals surface area contributed by atoms with Gasteiger partial charge in [0.2, 0.25) is 0 Å². The van der Waals surface area contributed by atoms with E-state index in [-0.39, 0.29) is 0 Å². The maximum Gasteiger partial charge on any atom is 0.000712 e. The van der Waals surface area contributed by atoms with Gasteiger partial charge in [-0.25, -0.2) is 0 Å². The highest BCUT2D eigenvalue weighted by Crippen LogP contribution is 2.28. The van der Waals surface area contributed by atoms with Crippen LogP contribution in [0.2, 0.25) is 0 Å². The van der Waals surface area contributed by atoms with Gasteiger partial charge >= 0.3 is 0 Å². The quantitative estimate of drug-likeness (QED) is 0.536. The van der Waals surface area contributed by atoms with E-state index in [2.05, 4.69) is 11.8 Å². The topological polar surface area (TPSA) is 3.24 Å². The first-order valence-corrected chi connectivity index (χ1v) is 5.57. The zero-order valence-corrected chi connectivity index (χ0v) is 8.26. The maximum atomic E-state index is 2.68. The lowest BCUT2D eigenvalue weighted by Gasteiger charge is -2.35. The van der Waals surface area contributed by atoms with Crippen molar-refractivity contribution in [2.24, 2.45) is 11.8 Å². The van der Waals surface area contributed by atoms with Crippen LogP contribution in [-0.2, 0) is 0 Å². The standard InChI is InChI=1S/C11H21N/c1-10-8-11-4-2-6-12(9-10)7-3-5-11/h10-11H,2-9H2,1H3/t10-/m1/s1. The first-order chi connectivity index (χ1) is 5.84. The normalized spacial score (nSPS) is 43.2. The molecule has 3 fully saturated rings. The highest BCUT2D eigenvalue weighted by Gasteiger charge is 2.22. The van der Waals surface area contributed by atoms with Crippen LogP contribution in [0.4, 0.5) is 0 Å². The fraction of sp³-hybridized carbons (Fsp3) is 1.00. The van der Waals surface area contributed by atoms with Crippen LogP contribution in [0.25, 0.3) is 0 Å². The number of hydrogen-bond donors (Lipinski definition) is 0. The number of hydrogen-bond acceptors (Lipinski definition) is 1. The Bertz CT molecular complexity index is 120. The van der Waals surface area contributed by atoms with Crippen molar-refractivity contribution in [2.75, 3.05) is 19.6 Å². The van der Waals surface area contributed by atoms with E-state index in [4.69, 9.17) is 0 Å². The van der Waals surface area contributed by atoms with E-state index in [0.29, 0.717) is 0 Å². The van der Waals surface area contributed by atoms with Crippen LogP contribution in [0.15, 0.2) is 0 Å². The summed E-state index contributed by atoms with van der Waals surface area (Å²) in [5, 5.41) is 0. The number of rotatable bonds is 0. The van der Waals surface area contributed by atoms with E-state index in [0.717, 1.165) is 11.8 Å². The summed E-state index contributed by atoms with van der Waals surface area (Å²) in [7, 11) is 0. The van der Waals surface area contributed by atoms with Gasteiger partial charge in [-0.15, -0.1) is 0 Å². The average molecular weight is 167 g/mol. The molecule has 3 aliphatic heterocycles. The molecule has 0 unspecified atom stereocenters. The van der Waals surface area contributed by atoms with Crippen molar-refractivity contribution in [3.63, 3.8) is 0 Å². The highest BCUT2D eigenvalue weighted by molar-refractivity contribution is 4.76. The van der Waals surface area contributed by atoms with Crippen molar-refractivity contribution in [1.82, 2.24) is 4.90 Å². The smallest absolute Gasteiger partial charge is 0.000712 e. The summed E-state index contributed by atoms with van der Waals surface area (Å²) >= 11 is 0. The van der Waals surface area contributed by atoms with Gasteiger partial charge in [0.05, 0.1) is 0 Å². The lowest BCUT2D eigenvalue weighted by molar-refractivity contribution is 0.146. The fourth-order valence-electron chi connectivity index (χ4n) is 2.97. The maximum absolute atomic E-state index is 2.68. The van der Waals surface area contributed by atoms with Crippen LogP contribution in [0.1, 0.15) is 39.0 Å². The van der Waals surface area contributed by atoms with E-state index in [1.54, 1.807) is 0 Å². The van der Waals surface area contributed by atoms with Crippen LogP contribution in [0.3, 0.4) is 0 Å². The molecule has 0 N–H and O–H groups in total. The molecule has 0 amide bonds. The van der Waals surface area contributed by atoms with E-state index in [1.165, 1.54) is 51.7 Å². The van der Waals surface area contributed by atoms with Crippen LogP contribution in [0, 0.1) is 11.8 Å². The fourth-order valence-corrected chi connectivity index (χ4v) is 2.97. The van der Waals surface area contributed by atoms with Gasteiger partial charge < -0.3 is 4.90 Å². The van der Waals surface area contributed by atoms with Crippen LogP contribution in [-0.4, -0.2) is 24.5 Å². The van der Waals surface area contributed by atoms with Gasteiger partial charge in [0, 0.05) is 6.54 Å².